The van der Waals surface area contributed by atoms with Crippen LogP contribution < -0.4 is 4.90 Å². The molecule has 0 N–H and O–H groups in total. The lowest BCUT2D eigenvalue weighted by molar-refractivity contribution is -0.149. The number of nitrogens with zero attached hydrogens (tertiary/aromatic N) is 2. The van der Waals surface area contributed by atoms with Gasteiger partial charge in [0.05, 0.1) is 5.41 Å². The highest BCUT2D eigenvalue weighted by atomic mass is 19.1. The molecule has 160 valence electrons. The molecule has 1 aromatic rings. The summed E-state index contributed by atoms with van der Waals surface area (Å²) >= 11 is 0. The number of hydrogen-bond acceptors (Lipinski definition) is 4. The van der Waals surface area contributed by atoms with Gasteiger partial charge in [-0.1, -0.05) is 12.2 Å². The van der Waals surface area contributed by atoms with Crippen LogP contribution in [0, 0.1) is 11.2 Å². The Kier molecular flexibility index (Phi) is 5.95. The van der Waals surface area contributed by atoms with Crippen molar-refractivity contribution in [2.75, 3.05) is 31.1 Å². The van der Waals surface area contributed by atoms with Crippen LogP contribution in [0.2, 0.25) is 0 Å². The van der Waals surface area contributed by atoms with Gasteiger partial charge in [0, 0.05) is 45.8 Å². The van der Waals surface area contributed by atoms with Crippen molar-refractivity contribution in [1.29, 1.82) is 0 Å². The fraction of sp³-hybridized carbons (Fsp3) is 0.625. The number of halogens is 1. The molecule has 2 heterocycles. The van der Waals surface area contributed by atoms with Gasteiger partial charge >= 0.3 is 5.97 Å². The van der Waals surface area contributed by atoms with Crippen molar-refractivity contribution in [3.05, 3.63) is 42.2 Å². The highest BCUT2D eigenvalue weighted by Crippen LogP contribution is 2.46. The van der Waals surface area contributed by atoms with Crippen LogP contribution in [0.5, 0.6) is 0 Å². The standard InChI is InChI=1S/C24H33FN2O2.H2/c1-18-4-3-11-24(12-9-18)16-22(29-23(24)28)10-13-26-14-15-27(17-19(26)2)21-7-5-20(25)6-8-21;/h5-8,19,22H,1,3-4,9-17H2,2H3;1H/t19-,22-,24?;/m0./s1. The number of esters is 1. The SMILES string of the molecule is C=C1CCCC2(CC1)C[C@H](CCN1CCN(c3ccc(F)cc3)C[C@@H]1C)OC2=O.[HH]. The van der Waals surface area contributed by atoms with Crippen molar-refractivity contribution in [2.45, 2.75) is 64.0 Å². The predicted molar refractivity (Wildman–Crippen MR) is 116 cm³/mol. The summed E-state index contributed by atoms with van der Waals surface area (Å²) in [5.41, 5.74) is 2.11. The monoisotopic (exact) mass is 402 g/mol. The molecule has 1 aromatic carbocycles. The van der Waals surface area contributed by atoms with E-state index in [-0.39, 0.29) is 24.7 Å². The van der Waals surface area contributed by atoms with E-state index in [9.17, 15) is 9.18 Å². The normalized spacial score (nSPS) is 31.2. The molecule has 29 heavy (non-hydrogen) atoms. The molecule has 0 amide bonds. The summed E-state index contributed by atoms with van der Waals surface area (Å²) in [4.78, 5) is 17.5. The Morgan fingerprint density at radius 3 is 2.79 bits per heavy atom. The Bertz CT molecular complexity index is 756. The highest BCUT2D eigenvalue weighted by Gasteiger charge is 2.48. The van der Waals surface area contributed by atoms with E-state index in [1.54, 1.807) is 0 Å². The molecule has 3 atom stereocenters. The third-order valence-electron chi connectivity index (χ3n) is 7.16. The largest absolute Gasteiger partial charge is 0.462 e. The van der Waals surface area contributed by atoms with E-state index in [1.807, 2.05) is 12.1 Å². The minimum atomic E-state index is -0.253. The van der Waals surface area contributed by atoms with Gasteiger partial charge in [-0.2, -0.15) is 0 Å². The molecule has 1 unspecified atom stereocenters. The molecule has 0 bridgehead atoms. The van der Waals surface area contributed by atoms with Crippen LogP contribution in [0.4, 0.5) is 10.1 Å². The second-order valence-electron chi connectivity index (χ2n) is 9.21. The molecule has 0 radical (unpaired) electrons. The zero-order chi connectivity index (χ0) is 20.4. The van der Waals surface area contributed by atoms with E-state index >= 15 is 0 Å². The number of carbonyl (C=O) groups is 1. The number of rotatable bonds is 4. The second kappa shape index (κ2) is 8.47. The lowest BCUT2D eigenvalue weighted by Gasteiger charge is -2.41. The highest BCUT2D eigenvalue weighted by molar-refractivity contribution is 5.79. The topological polar surface area (TPSA) is 32.8 Å². The summed E-state index contributed by atoms with van der Waals surface area (Å²) in [6.07, 6.45) is 6.78. The molecule has 4 nitrogen and oxygen atoms in total. The van der Waals surface area contributed by atoms with Crippen molar-refractivity contribution in [2.24, 2.45) is 5.41 Å². The fourth-order valence-corrected chi connectivity index (χ4v) is 5.27. The smallest absolute Gasteiger partial charge is 0.312 e. The van der Waals surface area contributed by atoms with Gasteiger partial charge in [-0.25, -0.2) is 4.39 Å². The number of benzene rings is 1. The number of hydrogen-bond donors (Lipinski definition) is 0. The van der Waals surface area contributed by atoms with E-state index in [4.69, 9.17) is 4.74 Å². The molecule has 2 saturated heterocycles. The Hall–Kier alpha value is -1.88. The Morgan fingerprint density at radius 1 is 1.24 bits per heavy atom. The minimum absolute atomic E-state index is 0. The average molecular weight is 403 g/mol. The number of carbonyl (C=O) groups excluding carboxylic acids is 1. The van der Waals surface area contributed by atoms with E-state index in [1.165, 1.54) is 17.7 Å². The van der Waals surface area contributed by atoms with Gasteiger partial charge in [0.15, 0.2) is 0 Å². The van der Waals surface area contributed by atoms with E-state index in [0.717, 1.165) is 76.8 Å². The van der Waals surface area contributed by atoms with Crippen LogP contribution in [0.15, 0.2) is 36.4 Å². The number of cyclic esters (lactones) is 1. The third kappa shape index (κ3) is 4.50. The maximum atomic E-state index is 13.2. The first-order valence-electron chi connectivity index (χ1n) is 11.1. The summed E-state index contributed by atoms with van der Waals surface area (Å²) in [7, 11) is 0. The average Bonchev–Trinajstić information content (AvgIpc) is 2.88. The predicted octanol–water partition coefficient (Wildman–Crippen LogP) is 4.79. The maximum absolute atomic E-state index is 13.2. The number of allylic oxidation sites excluding steroid dienone is 1. The molecule has 1 saturated carbocycles. The van der Waals surface area contributed by atoms with Crippen LogP contribution in [0.3, 0.4) is 0 Å². The first-order valence-corrected chi connectivity index (χ1v) is 11.1. The van der Waals surface area contributed by atoms with Crippen molar-refractivity contribution in [3.63, 3.8) is 0 Å². The zero-order valence-corrected chi connectivity index (χ0v) is 17.5. The van der Waals surface area contributed by atoms with E-state index in [0.29, 0.717) is 6.04 Å². The van der Waals surface area contributed by atoms with Gasteiger partial charge in [-0.3, -0.25) is 9.69 Å². The van der Waals surface area contributed by atoms with Crippen LogP contribution in [-0.4, -0.2) is 49.2 Å². The number of anilines is 1. The molecule has 1 aliphatic carbocycles. The van der Waals surface area contributed by atoms with Crippen LogP contribution in [0.1, 0.15) is 53.3 Å². The van der Waals surface area contributed by atoms with Crippen molar-refractivity contribution in [1.82, 2.24) is 4.90 Å². The lowest BCUT2D eigenvalue weighted by atomic mass is 9.77. The maximum Gasteiger partial charge on any atom is 0.312 e. The Balaban J connectivity index is 0.00000256. The number of ether oxygens (including phenoxy) is 1. The summed E-state index contributed by atoms with van der Waals surface area (Å²) in [5, 5.41) is 0. The first-order chi connectivity index (χ1) is 13.9. The number of piperazine rings is 1. The molecule has 1 spiro atoms. The Labute approximate surface area is 175 Å². The molecule has 3 aliphatic rings. The second-order valence-corrected chi connectivity index (χ2v) is 9.21. The van der Waals surface area contributed by atoms with E-state index in [2.05, 4.69) is 23.3 Å². The molecule has 2 aliphatic heterocycles. The molecular weight excluding hydrogens is 367 g/mol. The molecule has 4 rings (SSSR count). The lowest BCUT2D eigenvalue weighted by Crippen LogP contribution is -2.52. The quantitative estimate of drug-likeness (QED) is 0.535. The molecule has 5 heteroatoms. The summed E-state index contributed by atoms with van der Waals surface area (Å²) < 4.78 is 19.0. The summed E-state index contributed by atoms with van der Waals surface area (Å²) in [6.45, 7) is 10.2. The van der Waals surface area contributed by atoms with Gasteiger partial charge in [-0.15, -0.1) is 0 Å². The van der Waals surface area contributed by atoms with Gasteiger partial charge in [0.2, 0.25) is 0 Å². The molecule has 0 aromatic heterocycles. The fourth-order valence-electron chi connectivity index (χ4n) is 5.27. The van der Waals surface area contributed by atoms with Gasteiger partial charge < -0.3 is 9.64 Å². The van der Waals surface area contributed by atoms with Crippen LogP contribution in [-0.2, 0) is 9.53 Å². The molecule has 3 fully saturated rings. The summed E-state index contributed by atoms with van der Waals surface area (Å²) in [6, 6.07) is 7.19. The molecular formula is C24H35FN2O2. The van der Waals surface area contributed by atoms with Gasteiger partial charge in [0.1, 0.15) is 11.9 Å². The Morgan fingerprint density at radius 2 is 2.03 bits per heavy atom. The third-order valence-corrected chi connectivity index (χ3v) is 7.16. The van der Waals surface area contributed by atoms with Crippen molar-refractivity contribution in [3.8, 4) is 0 Å². The first kappa shape index (κ1) is 20.4. The zero-order valence-electron chi connectivity index (χ0n) is 17.5. The van der Waals surface area contributed by atoms with Crippen molar-refractivity contribution < 1.29 is 15.3 Å². The van der Waals surface area contributed by atoms with Crippen LogP contribution >= 0.6 is 0 Å². The van der Waals surface area contributed by atoms with Crippen molar-refractivity contribution >= 4 is 11.7 Å². The summed E-state index contributed by atoms with van der Waals surface area (Å²) in [5.74, 6) is -0.159. The van der Waals surface area contributed by atoms with Gasteiger partial charge in [0.25, 0.3) is 0 Å². The van der Waals surface area contributed by atoms with Crippen LogP contribution in [0.25, 0.3) is 0 Å². The van der Waals surface area contributed by atoms with E-state index < -0.39 is 0 Å². The minimum Gasteiger partial charge on any atom is -0.462 e. The van der Waals surface area contributed by atoms with Gasteiger partial charge in [-0.05, 0) is 69.7 Å².